The number of hydrogen-bond donors (Lipinski definition) is 2. The summed E-state index contributed by atoms with van der Waals surface area (Å²) >= 11 is 0. The van der Waals surface area contributed by atoms with Gasteiger partial charge in [0.1, 0.15) is 0 Å². The van der Waals surface area contributed by atoms with Crippen LogP contribution in [0.1, 0.15) is 16.8 Å². The van der Waals surface area contributed by atoms with E-state index in [4.69, 9.17) is 0 Å². The van der Waals surface area contributed by atoms with Crippen molar-refractivity contribution < 1.29 is 13.2 Å². The maximum absolute atomic E-state index is 12.6. The molecule has 2 aromatic rings. The van der Waals surface area contributed by atoms with Crippen molar-refractivity contribution in [3.63, 3.8) is 0 Å². The maximum Gasteiger partial charge on any atom is 0.323 e. The van der Waals surface area contributed by atoms with Crippen LogP contribution >= 0.6 is 0 Å². The molecule has 1 aromatic heterocycles. The molecule has 0 aliphatic carbocycles. The first-order valence-electron chi connectivity index (χ1n) is 7.31. The lowest BCUT2D eigenvalue weighted by Crippen LogP contribution is -2.36. The van der Waals surface area contributed by atoms with Crippen LogP contribution in [0.4, 0.5) is 0 Å². The molecule has 1 saturated heterocycles. The molecule has 2 N–H and O–H groups in total. The second-order valence-corrected chi connectivity index (χ2v) is 7.63. The van der Waals surface area contributed by atoms with Gasteiger partial charge in [-0.25, -0.2) is 17.5 Å². The number of aromatic amines is 2. The molecule has 1 aliphatic heterocycles. The monoisotopic (exact) mass is 338 g/mol. The fourth-order valence-electron chi connectivity index (χ4n) is 2.78. The number of nitrogens with one attached hydrogen (secondary N) is 2. The number of H-pyrrole nitrogens is 2. The fraction of sp³-hybridized carbons (Fsp3) is 0.429. The maximum atomic E-state index is 12.6. The standard InChI is InChI=1S/C14H18N4O4S/c1-23(21,22)18-6-2-5-17(7-8-18)13(19)10-3-4-11-12(9-10)16-14(20)15-11/h3-4,9H,2,5-8H2,1H3,(H2,15,16,20). The Morgan fingerprint density at radius 3 is 2.57 bits per heavy atom. The summed E-state index contributed by atoms with van der Waals surface area (Å²) in [5.41, 5.74) is 1.38. The summed E-state index contributed by atoms with van der Waals surface area (Å²) in [5.74, 6) is -0.163. The van der Waals surface area contributed by atoms with Crippen LogP contribution < -0.4 is 5.69 Å². The normalized spacial score (nSPS) is 17.3. The summed E-state index contributed by atoms with van der Waals surface area (Å²) in [7, 11) is -3.24. The van der Waals surface area contributed by atoms with Crippen molar-refractivity contribution in [2.24, 2.45) is 0 Å². The van der Waals surface area contributed by atoms with Gasteiger partial charge in [-0.2, -0.15) is 0 Å². The number of hydrogen-bond acceptors (Lipinski definition) is 4. The molecular formula is C14H18N4O4S. The molecule has 9 heteroatoms. The lowest BCUT2D eigenvalue weighted by Gasteiger charge is -2.21. The summed E-state index contributed by atoms with van der Waals surface area (Å²) in [6.07, 6.45) is 1.78. The minimum Gasteiger partial charge on any atom is -0.337 e. The summed E-state index contributed by atoms with van der Waals surface area (Å²) < 4.78 is 24.6. The van der Waals surface area contributed by atoms with E-state index in [2.05, 4.69) is 9.97 Å². The van der Waals surface area contributed by atoms with E-state index >= 15 is 0 Å². The summed E-state index contributed by atoms with van der Waals surface area (Å²) in [4.78, 5) is 30.8. The average Bonchev–Trinajstić information content (AvgIpc) is 2.70. The number of aromatic nitrogens is 2. The number of imidazole rings is 1. The lowest BCUT2D eigenvalue weighted by molar-refractivity contribution is 0.0764. The van der Waals surface area contributed by atoms with Gasteiger partial charge in [-0.1, -0.05) is 0 Å². The van der Waals surface area contributed by atoms with Crippen molar-refractivity contribution in [2.75, 3.05) is 32.4 Å². The van der Waals surface area contributed by atoms with Crippen molar-refractivity contribution in [2.45, 2.75) is 6.42 Å². The van der Waals surface area contributed by atoms with E-state index in [1.54, 1.807) is 23.1 Å². The molecule has 2 heterocycles. The minimum absolute atomic E-state index is 0.163. The molecule has 23 heavy (non-hydrogen) atoms. The Kier molecular flexibility index (Phi) is 3.99. The molecule has 1 amide bonds. The number of nitrogens with zero attached hydrogens (tertiary/aromatic N) is 2. The van der Waals surface area contributed by atoms with Gasteiger partial charge in [0.25, 0.3) is 5.91 Å². The highest BCUT2D eigenvalue weighted by atomic mass is 32.2. The average molecular weight is 338 g/mol. The molecule has 8 nitrogen and oxygen atoms in total. The topological polar surface area (TPSA) is 106 Å². The van der Waals surface area contributed by atoms with Crippen molar-refractivity contribution in [1.82, 2.24) is 19.2 Å². The third-order valence-corrected chi connectivity index (χ3v) is 5.28. The molecular weight excluding hydrogens is 320 g/mol. The molecule has 0 spiro atoms. The van der Waals surface area contributed by atoms with Crippen molar-refractivity contribution in [1.29, 1.82) is 0 Å². The Labute approximate surface area is 133 Å². The van der Waals surface area contributed by atoms with E-state index < -0.39 is 10.0 Å². The van der Waals surface area contributed by atoms with Gasteiger partial charge in [0, 0.05) is 31.7 Å². The quantitative estimate of drug-likeness (QED) is 0.801. The highest BCUT2D eigenvalue weighted by Crippen LogP contribution is 2.14. The Hall–Kier alpha value is -2.13. The Morgan fingerprint density at radius 1 is 1.09 bits per heavy atom. The first kappa shape index (κ1) is 15.8. The number of sulfonamides is 1. The molecule has 0 radical (unpaired) electrons. The molecule has 124 valence electrons. The zero-order valence-electron chi connectivity index (χ0n) is 12.7. The number of carbonyl (C=O) groups is 1. The third kappa shape index (κ3) is 3.30. The molecule has 1 fully saturated rings. The van der Waals surface area contributed by atoms with E-state index in [0.29, 0.717) is 49.2 Å². The first-order valence-corrected chi connectivity index (χ1v) is 9.16. The van der Waals surface area contributed by atoms with Crippen molar-refractivity contribution >= 4 is 27.0 Å². The largest absolute Gasteiger partial charge is 0.337 e. The van der Waals surface area contributed by atoms with Gasteiger partial charge < -0.3 is 14.9 Å². The zero-order chi connectivity index (χ0) is 16.6. The van der Waals surface area contributed by atoms with Crippen LogP contribution in [0.2, 0.25) is 0 Å². The van der Waals surface area contributed by atoms with Crippen LogP contribution in [-0.4, -0.2) is 65.9 Å². The number of fused-ring (bicyclic) bond motifs is 1. The van der Waals surface area contributed by atoms with E-state index in [-0.39, 0.29) is 11.6 Å². The predicted octanol–water partition coefficient (Wildman–Crippen LogP) is -0.0363. The van der Waals surface area contributed by atoms with Crippen LogP contribution in [0, 0.1) is 0 Å². The van der Waals surface area contributed by atoms with Crippen molar-refractivity contribution in [3.05, 3.63) is 34.2 Å². The highest BCUT2D eigenvalue weighted by molar-refractivity contribution is 7.88. The summed E-state index contributed by atoms with van der Waals surface area (Å²) in [5, 5.41) is 0. The summed E-state index contributed by atoms with van der Waals surface area (Å²) in [6.45, 7) is 1.58. The van der Waals surface area contributed by atoms with Crippen molar-refractivity contribution in [3.8, 4) is 0 Å². The lowest BCUT2D eigenvalue weighted by atomic mass is 10.1. The van der Waals surface area contributed by atoms with Crippen LogP contribution in [0.15, 0.2) is 23.0 Å². The Morgan fingerprint density at radius 2 is 1.83 bits per heavy atom. The minimum atomic E-state index is -3.24. The second-order valence-electron chi connectivity index (χ2n) is 5.65. The van der Waals surface area contributed by atoms with Gasteiger partial charge in [-0.05, 0) is 24.6 Å². The van der Waals surface area contributed by atoms with Gasteiger partial charge in [0.15, 0.2) is 0 Å². The van der Waals surface area contributed by atoms with E-state index in [1.807, 2.05) is 0 Å². The smallest absolute Gasteiger partial charge is 0.323 e. The molecule has 0 unspecified atom stereocenters. The van der Waals surface area contributed by atoms with E-state index in [1.165, 1.54) is 10.6 Å². The highest BCUT2D eigenvalue weighted by Gasteiger charge is 2.24. The van der Waals surface area contributed by atoms with Crippen LogP contribution in [0.3, 0.4) is 0 Å². The van der Waals surface area contributed by atoms with Crippen LogP contribution in [0.5, 0.6) is 0 Å². The van der Waals surface area contributed by atoms with Gasteiger partial charge >= 0.3 is 5.69 Å². The molecule has 0 bridgehead atoms. The number of benzene rings is 1. The molecule has 0 atom stereocenters. The van der Waals surface area contributed by atoms with Crippen LogP contribution in [0.25, 0.3) is 11.0 Å². The number of amides is 1. The molecule has 1 aromatic carbocycles. The second kappa shape index (κ2) is 5.82. The predicted molar refractivity (Wildman–Crippen MR) is 85.9 cm³/mol. The van der Waals surface area contributed by atoms with E-state index in [0.717, 1.165) is 0 Å². The van der Waals surface area contributed by atoms with Gasteiger partial charge in [0.05, 0.1) is 17.3 Å². The molecule has 0 saturated carbocycles. The SMILES string of the molecule is CS(=O)(=O)N1CCCN(C(=O)c2ccc3[nH]c(=O)[nH]c3c2)CC1. The number of carbonyl (C=O) groups excluding carboxylic acids is 1. The fourth-order valence-corrected chi connectivity index (χ4v) is 3.65. The van der Waals surface area contributed by atoms with E-state index in [9.17, 15) is 18.0 Å². The Balaban J connectivity index is 1.80. The van der Waals surface area contributed by atoms with Gasteiger partial charge in [-0.15, -0.1) is 0 Å². The van der Waals surface area contributed by atoms with Gasteiger partial charge in [-0.3, -0.25) is 4.79 Å². The number of rotatable bonds is 2. The van der Waals surface area contributed by atoms with Gasteiger partial charge in [0.2, 0.25) is 10.0 Å². The van der Waals surface area contributed by atoms with Crippen LogP contribution in [-0.2, 0) is 10.0 Å². The Bertz CT molecular complexity index is 899. The molecule has 3 rings (SSSR count). The third-order valence-electron chi connectivity index (χ3n) is 3.97. The molecule has 1 aliphatic rings. The summed E-state index contributed by atoms with van der Waals surface area (Å²) in [6, 6.07) is 4.98. The first-order chi connectivity index (χ1) is 10.8. The zero-order valence-corrected chi connectivity index (χ0v) is 13.5.